The summed E-state index contributed by atoms with van der Waals surface area (Å²) in [4.78, 5) is 15.8. The van der Waals surface area contributed by atoms with Crippen molar-refractivity contribution in [2.75, 3.05) is 33.1 Å². The Morgan fingerprint density at radius 3 is 1.19 bits per heavy atom. The lowest BCUT2D eigenvalue weighted by Crippen LogP contribution is -2.30. The summed E-state index contributed by atoms with van der Waals surface area (Å²) in [5.41, 5.74) is 0. The lowest BCUT2D eigenvalue weighted by atomic mass is 10.5. The number of hydrogen-bond acceptors (Lipinski definition) is 18. The highest BCUT2D eigenvalue weighted by Crippen LogP contribution is 2.65. The highest BCUT2D eigenvalue weighted by Gasteiger charge is 2.43. The first-order valence-corrected chi connectivity index (χ1v) is 16.5. The van der Waals surface area contributed by atoms with Gasteiger partial charge >= 0.3 is 47.4 Å². The zero-order chi connectivity index (χ0) is 29.0. The van der Waals surface area contributed by atoms with Crippen molar-refractivity contribution in [3.8, 4) is 0 Å². The van der Waals surface area contributed by atoms with Crippen LogP contribution in [-0.4, -0.2) is 42.9 Å². The van der Waals surface area contributed by atoms with Gasteiger partial charge in [-0.15, -0.1) is 62.6 Å². The maximum Gasteiger partial charge on any atom is 0.569 e. The highest BCUT2D eigenvalue weighted by molar-refractivity contribution is 7.52. The first-order chi connectivity index (χ1) is 16.5. The van der Waals surface area contributed by atoms with Crippen molar-refractivity contribution in [2.24, 2.45) is 0 Å². The van der Waals surface area contributed by atoms with Gasteiger partial charge in [0.25, 0.3) is 0 Å². The molecule has 0 saturated carbocycles. The van der Waals surface area contributed by atoms with Crippen LogP contribution in [0.5, 0.6) is 0 Å². The van der Waals surface area contributed by atoms with E-state index >= 15 is 0 Å². The maximum absolute atomic E-state index is 13.1. The minimum atomic E-state index is -6.63. The van der Waals surface area contributed by atoms with E-state index in [1.54, 1.807) is 0 Å². The van der Waals surface area contributed by atoms with Gasteiger partial charge < -0.3 is 10.1 Å². The Kier molecular flexibility index (Phi) is 16.2. The summed E-state index contributed by atoms with van der Waals surface area (Å²) in [6.07, 6.45) is 0. The molecule has 3 N–H and O–H groups in total. The second-order valence-corrected chi connectivity index (χ2v) is 11.9. The molecule has 1 rings (SSSR count). The molecule has 1 saturated heterocycles. The molecule has 0 bridgehead atoms. The van der Waals surface area contributed by atoms with Gasteiger partial charge in [-0.2, -0.15) is 0 Å². The fourth-order valence-corrected chi connectivity index (χ4v) is 4.17. The van der Waals surface area contributed by atoms with Crippen molar-refractivity contribution in [3.63, 3.8) is 0 Å². The van der Waals surface area contributed by atoms with E-state index in [1.807, 2.05) is 0 Å². The summed E-state index contributed by atoms with van der Waals surface area (Å²) in [5.74, 6) is 0. The number of rotatable bonds is 16. The molecule has 32 heteroatoms. The molecule has 0 aliphatic carbocycles. The predicted molar refractivity (Wildman–Crippen MR) is 96.1 cm³/mol. The third kappa shape index (κ3) is 24.0. The molecular formula is C5H13F6NO19P6. The Labute approximate surface area is 200 Å². The molecule has 1 aliphatic heterocycles. The fraction of sp³-hybridized carbons (Fsp3) is 1.00. The number of nitrogens with one attached hydrogen (secondary N) is 1. The van der Waals surface area contributed by atoms with Crippen LogP contribution in [0.4, 0.5) is 25.2 Å². The van der Waals surface area contributed by atoms with Crippen LogP contribution < -0.4 is 5.32 Å². The first kappa shape index (κ1) is 37.4. The normalized spacial score (nSPS) is 24.0. The number of halogens is 6. The molecule has 37 heavy (non-hydrogen) atoms. The standard InChI is InChI=1S/C4H9NO.CH4F6O18P6/c1-3-6-4-2-5-1;2-26(8,9)16-1-17-28(4,12)20-21-30(6,14)24-25-31(7,15)23-22-29(5,13)19-18-27(3,10)11/h5H,1-4H2;1H2,(H,8,9)(H,10,11). The second kappa shape index (κ2) is 16.0. The SMILES string of the molecule is C1COCCN1.O=P(O)(F)OCOP(=O)(F)OOP(=O)(F)OOP(=O)(F)OOP(=O)(F)OOP(=O)(O)F. The van der Waals surface area contributed by atoms with Crippen molar-refractivity contribution in [1.82, 2.24) is 5.32 Å². The molecule has 1 heterocycles. The van der Waals surface area contributed by atoms with Crippen molar-refractivity contribution in [2.45, 2.75) is 0 Å². The number of hydrogen-bond donors (Lipinski definition) is 3. The van der Waals surface area contributed by atoms with Crippen LogP contribution in [0.2, 0.25) is 0 Å². The quantitative estimate of drug-likeness (QED) is 0.0644. The topological polar surface area (TPSA) is 256 Å². The third-order valence-corrected chi connectivity index (χ3v) is 5.45. The van der Waals surface area contributed by atoms with E-state index in [1.165, 1.54) is 0 Å². The monoisotopic (exact) mass is 691 g/mol. The number of morpholine rings is 1. The molecule has 20 nitrogen and oxygen atoms in total. The van der Waals surface area contributed by atoms with Gasteiger partial charge in [0.1, 0.15) is 0 Å². The molecule has 0 aromatic rings. The predicted octanol–water partition coefficient (Wildman–Crippen LogP) is 4.83. The summed E-state index contributed by atoms with van der Waals surface area (Å²) >= 11 is 0. The van der Waals surface area contributed by atoms with Crippen LogP contribution in [0.25, 0.3) is 0 Å². The highest BCUT2D eigenvalue weighted by atomic mass is 31.2. The Hall–Kier alpha value is 0.400. The largest absolute Gasteiger partial charge is 0.569 e. The average Bonchev–Trinajstić information content (AvgIpc) is 2.75. The van der Waals surface area contributed by atoms with Crippen molar-refractivity contribution < 1.29 is 114 Å². The van der Waals surface area contributed by atoms with Crippen LogP contribution in [0, 0.1) is 0 Å². The smallest absolute Gasteiger partial charge is 0.379 e. The van der Waals surface area contributed by atoms with E-state index in [-0.39, 0.29) is 0 Å². The summed E-state index contributed by atoms with van der Waals surface area (Å²) in [6, 6.07) is 0. The van der Waals surface area contributed by atoms with Gasteiger partial charge in [-0.25, -0.2) is 27.4 Å². The Balaban J connectivity index is 0.00000187. The van der Waals surface area contributed by atoms with E-state index in [0.29, 0.717) is 0 Å². The molecule has 0 radical (unpaired) electrons. The lowest BCUT2D eigenvalue weighted by molar-refractivity contribution is -0.231. The summed E-state index contributed by atoms with van der Waals surface area (Å²) in [5, 5.41) is 3.16. The van der Waals surface area contributed by atoms with Gasteiger partial charge in [0.15, 0.2) is 6.79 Å². The zero-order valence-electron chi connectivity index (χ0n) is 16.8. The van der Waals surface area contributed by atoms with Crippen LogP contribution in [0.3, 0.4) is 0 Å². The van der Waals surface area contributed by atoms with Gasteiger partial charge in [0.2, 0.25) is 0 Å². The zero-order valence-corrected chi connectivity index (χ0v) is 22.2. The van der Waals surface area contributed by atoms with Crippen molar-refractivity contribution in [1.29, 1.82) is 0 Å². The minimum absolute atomic E-state index is 0.889. The molecule has 0 aromatic carbocycles. The van der Waals surface area contributed by atoms with Gasteiger partial charge in [0, 0.05) is 13.1 Å². The molecule has 6 unspecified atom stereocenters. The van der Waals surface area contributed by atoms with E-state index in [9.17, 15) is 52.6 Å². The molecule has 1 aliphatic rings. The van der Waals surface area contributed by atoms with Crippen molar-refractivity contribution >= 4 is 47.4 Å². The van der Waals surface area contributed by atoms with Gasteiger partial charge in [0.05, 0.1) is 13.2 Å². The Morgan fingerprint density at radius 2 is 0.919 bits per heavy atom. The van der Waals surface area contributed by atoms with E-state index in [2.05, 4.69) is 51.8 Å². The van der Waals surface area contributed by atoms with E-state index in [4.69, 9.17) is 14.5 Å². The van der Waals surface area contributed by atoms with Crippen molar-refractivity contribution in [3.05, 3.63) is 0 Å². The van der Waals surface area contributed by atoms with Crippen LogP contribution in [0.1, 0.15) is 0 Å². The van der Waals surface area contributed by atoms with Crippen LogP contribution in [-0.2, 0) is 78.6 Å². The van der Waals surface area contributed by atoms with Crippen LogP contribution >= 0.6 is 47.4 Å². The Bertz CT molecular complexity index is 971. The fourth-order valence-electron chi connectivity index (χ4n) is 1.05. The average molecular weight is 691 g/mol. The van der Waals surface area contributed by atoms with E-state index < -0.39 is 54.2 Å². The summed E-state index contributed by atoms with van der Waals surface area (Å²) in [6.45, 7) is 1.91. The van der Waals surface area contributed by atoms with Crippen LogP contribution in [0.15, 0.2) is 0 Å². The summed E-state index contributed by atoms with van der Waals surface area (Å²) in [7, 11) is -37.8. The van der Waals surface area contributed by atoms with E-state index in [0.717, 1.165) is 26.3 Å². The van der Waals surface area contributed by atoms with Gasteiger partial charge in [-0.3, -0.25) is 18.8 Å². The maximum atomic E-state index is 13.1. The molecule has 224 valence electrons. The lowest BCUT2D eigenvalue weighted by Gasteiger charge is -2.12. The van der Waals surface area contributed by atoms with Gasteiger partial charge in [-0.05, 0) is 0 Å². The summed E-state index contributed by atoms with van der Waals surface area (Å²) < 4.78 is 172. The molecule has 0 amide bonds. The minimum Gasteiger partial charge on any atom is -0.379 e. The first-order valence-electron chi connectivity index (χ1n) is 7.86. The Morgan fingerprint density at radius 1 is 0.568 bits per heavy atom. The molecular weight excluding hydrogens is 678 g/mol. The van der Waals surface area contributed by atoms with Gasteiger partial charge in [-0.1, -0.05) is 0 Å². The molecule has 6 atom stereocenters. The molecule has 1 fully saturated rings. The number of ether oxygens (including phenoxy) is 1. The third-order valence-electron chi connectivity index (χ3n) is 2.11. The molecule has 0 aromatic heterocycles. The molecule has 0 spiro atoms. The second-order valence-electron chi connectivity index (χ2n) is 4.96.